The molecule has 0 aliphatic carbocycles. The summed E-state index contributed by atoms with van der Waals surface area (Å²) in [6, 6.07) is -0.0548. The van der Waals surface area contributed by atoms with Gasteiger partial charge in [-0.3, -0.25) is 0 Å². The van der Waals surface area contributed by atoms with Crippen LogP contribution >= 0.6 is 0 Å². The third kappa shape index (κ3) is 3.28. The molecule has 1 saturated heterocycles. The van der Waals surface area contributed by atoms with Gasteiger partial charge in [0.15, 0.2) is 9.84 Å². The molecule has 2 aliphatic rings. The van der Waals surface area contributed by atoms with Crippen LogP contribution in [-0.4, -0.2) is 64.5 Å². The summed E-state index contributed by atoms with van der Waals surface area (Å²) in [4.78, 5) is 2.22. The summed E-state index contributed by atoms with van der Waals surface area (Å²) in [5.41, 5.74) is 0. The summed E-state index contributed by atoms with van der Waals surface area (Å²) in [6.07, 6.45) is 1.87. The number of likely N-dealkylation sites (N-methyl/N-ethyl adjacent to an activating group) is 1. The fourth-order valence-electron chi connectivity index (χ4n) is 1.98. The molecular formula is C10H18N2O3S. The van der Waals surface area contributed by atoms with Crippen LogP contribution in [-0.2, 0) is 14.6 Å². The van der Waals surface area contributed by atoms with E-state index in [0.29, 0.717) is 6.54 Å². The first-order chi connectivity index (χ1) is 7.55. The summed E-state index contributed by atoms with van der Waals surface area (Å²) in [5.74, 6) is 0.176. The lowest BCUT2D eigenvalue weighted by atomic mass is 10.2. The standard InChI is InChI=1S/C10H18N2O3S/c1-12-3-4-15-10(7-12)6-11-9-2-5-16(13,14)8-9/h2,5,9-11H,3-4,6-8H2,1H3. The molecule has 2 atom stereocenters. The van der Waals surface area contributed by atoms with E-state index >= 15 is 0 Å². The lowest BCUT2D eigenvalue weighted by Crippen LogP contribution is -2.46. The Morgan fingerprint density at radius 3 is 3.00 bits per heavy atom. The van der Waals surface area contributed by atoms with Gasteiger partial charge in [-0.2, -0.15) is 0 Å². The number of nitrogens with one attached hydrogen (secondary N) is 1. The van der Waals surface area contributed by atoms with E-state index in [1.165, 1.54) is 5.41 Å². The largest absolute Gasteiger partial charge is 0.374 e. The van der Waals surface area contributed by atoms with Crippen LogP contribution in [0.25, 0.3) is 0 Å². The predicted octanol–water partition coefficient (Wildman–Crippen LogP) is -0.783. The van der Waals surface area contributed by atoms with Gasteiger partial charge in [0, 0.05) is 31.1 Å². The smallest absolute Gasteiger partial charge is 0.173 e. The third-order valence-corrected chi connectivity index (χ3v) is 4.28. The Kier molecular flexibility index (Phi) is 3.63. The number of morpholine rings is 1. The van der Waals surface area contributed by atoms with E-state index in [-0.39, 0.29) is 17.9 Å². The van der Waals surface area contributed by atoms with Crippen molar-refractivity contribution in [2.24, 2.45) is 0 Å². The van der Waals surface area contributed by atoms with E-state index in [1.54, 1.807) is 6.08 Å². The molecule has 0 aromatic rings. The molecule has 6 heteroatoms. The fraction of sp³-hybridized carbons (Fsp3) is 0.800. The molecular weight excluding hydrogens is 228 g/mol. The van der Waals surface area contributed by atoms with E-state index in [9.17, 15) is 8.42 Å². The lowest BCUT2D eigenvalue weighted by Gasteiger charge is -2.30. The SMILES string of the molecule is CN1CCOC(CNC2C=CS(=O)(=O)C2)C1. The molecule has 0 aromatic heterocycles. The summed E-state index contributed by atoms with van der Waals surface area (Å²) in [6.45, 7) is 3.32. The van der Waals surface area contributed by atoms with Crippen LogP contribution < -0.4 is 5.32 Å². The van der Waals surface area contributed by atoms with Crippen molar-refractivity contribution in [2.75, 3.05) is 39.0 Å². The van der Waals surface area contributed by atoms with Gasteiger partial charge in [0.05, 0.1) is 18.5 Å². The first-order valence-corrected chi connectivity index (χ1v) is 7.21. The van der Waals surface area contributed by atoms with E-state index in [0.717, 1.165) is 19.7 Å². The molecule has 2 aliphatic heterocycles. The zero-order valence-corrected chi connectivity index (χ0v) is 10.2. The highest BCUT2D eigenvalue weighted by atomic mass is 32.2. The van der Waals surface area contributed by atoms with Crippen molar-refractivity contribution in [2.45, 2.75) is 12.1 Å². The number of hydrogen-bond donors (Lipinski definition) is 1. The van der Waals surface area contributed by atoms with Crippen molar-refractivity contribution in [1.29, 1.82) is 0 Å². The highest BCUT2D eigenvalue weighted by molar-refractivity contribution is 7.94. The molecule has 2 unspecified atom stereocenters. The van der Waals surface area contributed by atoms with Gasteiger partial charge >= 0.3 is 0 Å². The van der Waals surface area contributed by atoms with E-state index < -0.39 is 9.84 Å². The van der Waals surface area contributed by atoms with Crippen LogP contribution in [0.4, 0.5) is 0 Å². The second-order valence-corrected chi connectivity index (χ2v) is 6.36. The summed E-state index contributed by atoms with van der Waals surface area (Å²) in [7, 11) is -0.889. The highest BCUT2D eigenvalue weighted by Crippen LogP contribution is 2.08. The fourth-order valence-corrected chi connectivity index (χ4v) is 3.25. The van der Waals surface area contributed by atoms with Crippen molar-refractivity contribution >= 4 is 9.84 Å². The van der Waals surface area contributed by atoms with Crippen LogP contribution in [0.2, 0.25) is 0 Å². The topological polar surface area (TPSA) is 58.6 Å². The Morgan fingerprint density at radius 2 is 2.38 bits per heavy atom. The first kappa shape index (κ1) is 12.0. The Bertz CT molecular complexity index is 366. The number of hydrogen-bond acceptors (Lipinski definition) is 5. The molecule has 1 fully saturated rings. The summed E-state index contributed by atoms with van der Waals surface area (Å²) < 4.78 is 27.9. The van der Waals surface area contributed by atoms with Gasteiger partial charge < -0.3 is 15.0 Å². The minimum absolute atomic E-state index is 0.0548. The number of sulfone groups is 1. The van der Waals surface area contributed by atoms with Crippen molar-refractivity contribution in [3.63, 3.8) is 0 Å². The number of rotatable bonds is 3. The molecule has 5 nitrogen and oxygen atoms in total. The Labute approximate surface area is 96.4 Å². The van der Waals surface area contributed by atoms with Gasteiger partial charge in [0.25, 0.3) is 0 Å². The first-order valence-electron chi connectivity index (χ1n) is 5.50. The number of nitrogens with zero attached hydrogens (tertiary/aromatic N) is 1. The molecule has 2 heterocycles. The van der Waals surface area contributed by atoms with Crippen molar-refractivity contribution in [3.05, 3.63) is 11.5 Å². The average Bonchev–Trinajstić information content (AvgIpc) is 2.56. The van der Waals surface area contributed by atoms with Gasteiger partial charge in [-0.25, -0.2) is 8.42 Å². The molecule has 2 rings (SSSR count). The Morgan fingerprint density at radius 1 is 1.56 bits per heavy atom. The van der Waals surface area contributed by atoms with Gasteiger partial charge in [0.1, 0.15) is 0 Å². The predicted molar refractivity (Wildman–Crippen MR) is 62.0 cm³/mol. The molecule has 16 heavy (non-hydrogen) atoms. The monoisotopic (exact) mass is 246 g/mol. The van der Waals surface area contributed by atoms with Crippen molar-refractivity contribution in [1.82, 2.24) is 10.2 Å². The maximum Gasteiger partial charge on any atom is 0.173 e. The molecule has 0 bridgehead atoms. The van der Waals surface area contributed by atoms with Crippen LogP contribution in [0, 0.1) is 0 Å². The summed E-state index contributed by atoms with van der Waals surface area (Å²) in [5, 5.41) is 4.50. The quantitative estimate of drug-likeness (QED) is 0.708. The molecule has 0 amide bonds. The zero-order chi connectivity index (χ0) is 11.6. The molecule has 92 valence electrons. The van der Waals surface area contributed by atoms with Gasteiger partial charge in [0.2, 0.25) is 0 Å². The van der Waals surface area contributed by atoms with Crippen LogP contribution in [0.5, 0.6) is 0 Å². The number of ether oxygens (including phenoxy) is 1. The van der Waals surface area contributed by atoms with E-state index in [1.807, 2.05) is 0 Å². The molecule has 0 saturated carbocycles. The maximum absolute atomic E-state index is 11.2. The zero-order valence-electron chi connectivity index (χ0n) is 9.43. The van der Waals surface area contributed by atoms with Gasteiger partial charge in [-0.05, 0) is 7.05 Å². The minimum Gasteiger partial charge on any atom is -0.374 e. The summed E-state index contributed by atoms with van der Waals surface area (Å²) >= 11 is 0. The van der Waals surface area contributed by atoms with Crippen molar-refractivity contribution < 1.29 is 13.2 Å². The van der Waals surface area contributed by atoms with Crippen LogP contribution in [0.15, 0.2) is 11.5 Å². The second kappa shape index (κ2) is 4.83. The maximum atomic E-state index is 11.2. The highest BCUT2D eigenvalue weighted by Gasteiger charge is 2.23. The van der Waals surface area contributed by atoms with Gasteiger partial charge in [-0.15, -0.1) is 0 Å². The second-order valence-electron chi connectivity index (χ2n) is 4.43. The Hall–Kier alpha value is -0.430. The lowest BCUT2D eigenvalue weighted by molar-refractivity contribution is -0.0185. The van der Waals surface area contributed by atoms with E-state index in [4.69, 9.17) is 4.74 Å². The van der Waals surface area contributed by atoms with Crippen LogP contribution in [0.3, 0.4) is 0 Å². The molecule has 0 spiro atoms. The average molecular weight is 246 g/mol. The normalized spacial score (nSPS) is 34.3. The van der Waals surface area contributed by atoms with Gasteiger partial charge in [-0.1, -0.05) is 6.08 Å². The van der Waals surface area contributed by atoms with E-state index in [2.05, 4.69) is 17.3 Å². The Balaban J connectivity index is 1.74. The van der Waals surface area contributed by atoms with Crippen molar-refractivity contribution in [3.8, 4) is 0 Å². The molecule has 0 aromatic carbocycles. The molecule has 0 radical (unpaired) electrons. The van der Waals surface area contributed by atoms with Crippen LogP contribution in [0.1, 0.15) is 0 Å². The third-order valence-electron chi connectivity index (χ3n) is 2.88. The minimum atomic E-state index is -2.95. The molecule has 1 N–H and O–H groups in total.